The van der Waals surface area contributed by atoms with Crippen LogP contribution in [0.4, 0.5) is 5.69 Å². The molecule has 7 heteroatoms. The first-order valence-corrected chi connectivity index (χ1v) is 8.57. The number of carbonyl (C=O) groups excluding carboxylic acids is 1. The van der Waals surface area contributed by atoms with Gasteiger partial charge in [0, 0.05) is 34.9 Å². The molecular weight excluding hydrogens is 384 g/mol. The molecule has 0 bridgehead atoms. The van der Waals surface area contributed by atoms with Gasteiger partial charge in [0.1, 0.15) is 0 Å². The molecule has 0 aliphatic heterocycles. The van der Waals surface area contributed by atoms with E-state index in [0.29, 0.717) is 31.2 Å². The van der Waals surface area contributed by atoms with Crippen molar-refractivity contribution in [3.8, 4) is 0 Å². The highest BCUT2D eigenvalue weighted by Gasteiger charge is 2.04. The van der Waals surface area contributed by atoms with E-state index in [0.717, 1.165) is 15.7 Å². The second-order valence-corrected chi connectivity index (χ2v) is 6.16. The van der Waals surface area contributed by atoms with Gasteiger partial charge in [0.2, 0.25) is 0 Å². The van der Waals surface area contributed by atoms with Gasteiger partial charge in [0.05, 0.1) is 13.2 Å². The fourth-order valence-electron chi connectivity index (χ4n) is 2.15. The van der Waals surface area contributed by atoms with Crippen LogP contribution in [0.3, 0.4) is 0 Å². The van der Waals surface area contributed by atoms with Gasteiger partial charge in [-0.25, -0.2) is 0 Å². The number of para-hydroxylation sites is 1. The summed E-state index contributed by atoms with van der Waals surface area (Å²) >= 11 is 3.34. The Bertz CT molecular complexity index is 732. The first kappa shape index (κ1) is 19.0. The van der Waals surface area contributed by atoms with E-state index in [-0.39, 0.29) is 5.91 Å². The summed E-state index contributed by atoms with van der Waals surface area (Å²) in [6.07, 6.45) is 0. The third-order valence-electron chi connectivity index (χ3n) is 3.37. The number of halogens is 1. The average Bonchev–Trinajstić information content (AvgIpc) is 2.61. The van der Waals surface area contributed by atoms with Crippen LogP contribution in [0.5, 0.6) is 0 Å². The number of nitrogens with one attached hydrogen (secondary N) is 2. The van der Waals surface area contributed by atoms with Crippen LogP contribution in [0, 0.1) is 0 Å². The fourth-order valence-corrected chi connectivity index (χ4v) is 2.41. The summed E-state index contributed by atoms with van der Waals surface area (Å²) in [4.78, 5) is 16.2. The second-order valence-electron chi connectivity index (χ2n) is 5.24. The van der Waals surface area contributed by atoms with E-state index in [1.165, 1.54) is 0 Å². The molecule has 2 rings (SSSR count). The largest absolute Gasteiger partial charge is 0.380 e. The molecule has 0 atom stereocenters. The number of benzene rings is 2. The molecule has 4 N–H and O–H groups in total. The van der Waals surface area contributed by atoms with Crippen LogP contribution >= 0.6 is 15.9 Å². The minimum absolute atomic E-state index is 0.139. The molecule has 132 valence electrons. The molecule has 0 saturated heterocycles. The van der Waals surface area contributed by atoms with Gasteiger partial charge in [-0.15, -0.1) is 0 Å². The molecule has 0 unspecified atom stereocenters. The number of rotatable bonds is 7. The number of hydrogen-bond acceptors (Lipinski definition) is 3. The van der Waals surface area contributed by atoms with Gasteiger partial charge >= 0.3 is 0 Å². The lowest BCUT2D eigenvalue weighted by Crippen LogP contribution is -2.28. The number of nitrogens with two attached hydrogens (primary N) is 1. The van der Waals surface area contributed by atoms with Crippen molar-refractivity contribution in [2.45, 2.75) is 6.61 Å². The lowest BCUT2D eigenvalue weighted by atomic mass is 10.2. The number of nitrogens with zero attached hydrogens (tertiary/aromatic N) is 1. The van der Waals surface area contributed by atoms with E-state index in [1.54, 1.807) is 19.2 Å². The lowest BCUT2D eigenvalue weighted by molar-refractivity contribution is 0.0955. The molecule has 0 heterocycles. The highest BCUT2D eigenvalue weighted by Crippen LogP contribution is 2.15. The molecule has 0 radical (unpaired) electrons. The van der Waals surface area contributed by atoms with E-state index in [1.807, 2.05) is 36.4 Å². The third-order valence-corrected chi connectivity index (χ3v) is 3.89. The van der Waals surface area contributed by atoms with E-state index < -0.39 is 0 Å². The number of guanidine groups is 1. The molecule has 0 aromatic heterocycles. The number of amides is 1. The standard InChI is InChI=1S/C18H21BrN4O2/c1-25-12-14-4-2-3-5-16(14)23-18(20)22-11-10-21-17(24)13-6-8-15(19)9-7-13/h2-9H,10-12H2,1H3,(H,21,24)(H3,20,22,23). The monoisotopic (exact) mass is 404 g/mol. The van der Waals surface area contributed by atoms with Crippen molar-refractivity contribution in [1.82, 2.24) is 5.32 Å². The Morgan fingerprint density at radius 2 is 1.92 bits per heavy atom. The average molecular weight is 405 g/mol. The van der Waals surface area contributed by atoms with Crippen LogP contribution in [-0.2, 0) is 11.3 Å². The fraction of sp³-hybridized carbons (Fsp3) is 0.222. The molecule has 2 aromatic carbocycles. The topological polar surface area (TPSA) is 88.7 Å². The Balaban J connectivity index is 1.81. The molecule has 0 aliphatic carbocycles. The van der Waals surface area contributed by atoms with Gasteiger partial charge in [-0.2, -0.15) is 0 Å². The first-order valence-electron chi connectivity index (χ1n) is 7.77. The molecule has 25 heavy (non-hydrogen) atoms. The van der Waals surface area contributed by atoms with Crippen LogP contribution < -0.4 is 16.4 Å². The third kappa shape index (κ3) is 6.21. The van der Waals surface area contributed by atoms with Gasteiger partial charge in [-0.3, -0.25) is 9.79 Å². The maximum absolute atomic E-state index is 12.0. The second kappa shape index (κ2) is 9.80. The highest BCUT2D eigenvalue weighted by atomic mass is 79.9. The van der Waals surface area contributed by atoms with Gasteiger partial charge in [-0.1, -0.05) is 34.1 Å². The van der Waals surface area contributed by atoms with Gasteiger partial charge < -0.3 is 21.1 Å². The molecule has 1 amide bonds. The Hall–Kier alpha value is -2.38. The van der Waals surface area contributed by atoms with Crippen LogP contribution in [-0.4, -0.2) is 32.1 Å². The van der Waals surface area contributed by atoms with Crippen molar-refractivity contribution in [2.24, 2.45) is 10.7 Å². The first-order chi connectivity index (χ1) is 12.1. The van der Waals surface area contributed by atoms with Crippen molar-refractivity contribution < 1.29 is 9.53 Å². The van der Waals surface area contributed by atoms with Crippen molar-refractivity contribution in [3.05, 3.63) is 64.1 Å². The number of methoxy groups -OCH3 is 1. The Morgan fingerprint density at radius 3 is 2.64 bits per heavy atom. The molecule has 6 nitrogen and oxygen atoms in total. The number of hydrogen-bond donors (Lipinski definition) is 3. The van der Waals surface area contributed by atoms with Crippen LogP contribution in [0.1, 0.15) is 15.9 Å². The van der Waals surface area contributed by atoms with Crippen LogP contribution in [0.15, 0.2) is 58.0 Å². The Kier molecular flexibility index (Phi) is 7.43. The van der Waals surface area contributed by atoms with Crippen LogP contribution in [0.2, 0.25) is 0 Å². The van der Waals surface area contributed by atoms with Crippen LogP contribution in [0.25, 0.3) is 0 Å². The van der Waals surface area contributed by atoms with E-state index in [9.17, 15) is 4.79 Å². The van der Waals surface area contributed by atoms with Crippen molar-refractivity contribution in [3.63, 3.8) is 0 Å². The summed E-state index contributed by atoms with van der Waals surface area (Å²) in [6, 6.07) is 14.9. The molecular formula is C18H21BrN4O2. The molecule has 0 aliphatic rings. The normalized spacial score (nSPS) is 11.2. The summed E-state index contributed by atoms with van der Waals surface area (Å²) in [6.45, 7) is 1.27. The minimum Gasteiger partial charge on any atom is -0.380 e. The number of anilines is 1. The highest BCUT2D eigenvalue weighted by molar-refractivity contribution is 9.10. The maximum atomic E-state index is 12.0. The van der Waals surface area contributed by atoms with E-state index in [2.05, 4.69) is 31.6 Å². The molecule has 2 aromatic rings. The number of ether oxygens (including phenoxy) is 1. The zero-order valence-corrected chi connectivity index (χ0v) is 15.5. The minimum atomic E-state index is -0.139. The smallest absolute Gasteiger partial charge is 0.251 e. The summed E-state index contributed by atoms with van der Waals surface area (Å²) in [7, 11) is 1.64. The quantitative estimate of drug-likeness (QED) is 0.376. The van der Waals surface area contributed by atoms with E-state index >= 15 is 0 Å². The maximum Gasteiger partial charge on any atom is 0.251 e. The van der Waals surface area contributed by atoms with Gasteiger partial charge in [-0.05, 0) is 30.3 Å². The van der Waals surface area contributed by atoms with Crippen molar-refractivity contribution in [2.75, 3.05) is 25.5 Å². The summed E-state index contributed by atoms with van der Waals surface area (Å²) in [5.74, 6) is 0.154. The summed E-state index contributed by atoms with van der Waals surface area (Å²) in [5, 5.41) is 5.86. The van der Waals surface area contributed by atoms with Gasteiger partial charge in [0.25, 0.3) is 5.91 Å². The molecule has 0 fully saturated rings. The van der Waals surface area contributed by atoms with Crippen molar-refractivity contribution >= 4 is 33.5 Å². The Labute approximate surface area is 155 Å². The van der Waals surface area contributed by atoms with Gasteiger partial charge in [0.15, 0.2) is 5.96 Å². The predicted molar refractivity (Wildman–Crippen MR) is 104 cm³/mol. The zero-order chi connectivity index (χ0) is 18.1. The molecule has 0 saturated carbocycles. The molecule has 0 spiro atoms. The SMILES string of the molecule is COCc1ccccc1NC(N)=NCCNC(=O)c1ccc(Br)cc1. The number of aliphatic imine (C=N–C) groups is 1. The van der Waals surface area contributed by atoms with Crippen molar-refractivity contribution in [1.29, 1.82) is 0 Å². The predicted octanol–water partition coefficient (Wildman–Crippen LogP) is 2.75. The summed E-state index contributed by atoms with van der Waals surface area (Å²) in [5.41, 5.74) is 8.34. The lowest BCUT2D eigenvalue weighted by Gasteiger charge is -2.11. The number of carbonyl (C=O) groups is 1. The zero-order valence-electron chi connectivity index (χ0n) is 14.0. The Morgan fingerprint density at radius 1 is 1.20 bits per heavy atom. The van der Waals surface area contributed by atoms with E-state index in [4.69, 9.17) is 10.5 Å². The summed E-state index contributed by atoms with van der Waals surface area (Å²) < 4.78 is 6.08.